The Morgan fingerprint density at radius 1 is 1.12 bits per heavy atom. The van der Waals surface area contributed by atoms with E-state index in [-0.39, 0.29) is 0 Å². The normalized spacial score (nSPS) is 9.96. The number of nitrogens with two attached hydrogens (primary N) is 1. The summed E-state index contributed by atoms with van der Waals surface area (Å²) in [5.41, 5.74) is 4.64. The van der Waals surface area contributed by atoms with Gasteiger partial charge in [-0.3, -0.25) is 10.1 Å². The Morgan fingerprint density at radius 3 is 2.29 bits per heavy atom. The molecule has 1 aromatic carbocycles. The van der Waals surface area contributed by atoms with E-state index in [0.717, 1.165) is 23.5 Å². The number of hydrogen-bond donors (Lipinski definition) is 1. The Hall–Kier alpha value is -1.85. The zero-order valence-corrected chi connectivity index (χ0v) is 16.0. The third-order valence-electron chi connectivity index (χ3n) is 2.90. The van der Waals surface area contributed by atoms with Crippen molar-refractivity contribution in [3.05, 3.63) is 60.2 Å². The van der Waals surface area contributed by atoms with Crippen LogP contribution < -0.4 is 5.14 Å². The van der Waals surface area contributed by atoms with E-state index in [1.807, 2.05) is 18.6 Å². The van der Waals surface area contributed by atoms with Crippen LogP contribution in [0.15, 0.2) is 49.1 Å². The highest BCUT2D eigenvalue weighted by molar-refractivity contribution is 7.96. The number of hydrogen-bond acceptors (Lipinski definition) is 4. The second-order valence-corrected chi connectivity index (χ2v) is 6.66. The number of fused-ring (bicyclic) bond motifs is 1. The van der Waals surface area contributed by atoms with Crippen molar-refractivity contribution in [3.8, 4) is 0 Å². The van der Waals surface area contributed by atoms with Crippen molar-refractivity contribution in [2.24, 2.45) is 11.1 Å². The Labute approximate surface area is 149 Å². The third-order valence-corrected chi connectivity index (χ3v) is 2.90. The van der Waals surface area contributed by atoms with Crippen LogP contribution in [0.3, 0.4) is 0 Å². The van der Waals surface area contributed by atoms with Crippen molar-refractivity contribution in [1.29, 1.82) is 0 Å². The average Bonchev–Trinajstić information content (AvgIpc) is 2.93. The van der Waals surface area contributed by atoms with Gasteiger partial charge < -0.3 is 4.57 Å². The van der Waals surface area contributed by atoms with Gasteiger partial charge in [0, 0.05) is 12.7 Å². The lowest BCUT2D eigenvalue weighted by molar-refractivity contribution is 0.737. The van der Waals surface area contributed by atoms with Crippen LogP contribution in [0.5, 0.6) is 0 Å². The predicted octanol–water partition coefficient (Wildman–Crippen LogP) is 4.67. The second-order valence-electron chi connectivity index (χ2n) is 6.19. The van der Waals surface area contributed by atoms with Crippen LogP contribution in [0.1, 0.15) is 31.9 Å². The number of imidazole rings is 1. The first-order valence-corrected chi connectivity index (χ1v) is 9.30. The lowest BCUT2D eigenvalue weighted by atomic mass is 10.1. The molecule has 2 aromatic heterocycles. The van der Waals surface area contributed by atoms with E-state index in [2.05, 4.69) is 66.5 Å². The van der Waals surface area contributed by atoms with Gasteiger partial charge in [-0.1, -0.05) is 62.5 Å². The monoisotopic (exact) mass is 344 g/mol. The largest absolute Gasteiger partial charge is 0.326 e. The molecule has 0 unspecified atom stereocenters. The second kappa shape index (κ2) is 10.8. The topological polar surface area (TPSA) is 56.7 Å². The predicted molar refractivity (Wildman–Crippen MR) is 106 cm³/mol. The highest BCUT2D eigenvalue weighted by atomic mass is 32.2. The number of aromatic nitrogens is 3. The summed E-state index contributed by atoms with van der Waals surface area (Å²) in [6.07, 6.45) is 7.28. The molecule has 0 saturated carbocycles. The first-order valence-electron chi connectivity index (χ1n) is 8.01. The molecule has 0 fully saturated rings. The number of nitrogens with zero attached hydrogens (tertiary/aromatic N) is 3. The van der Waals surface area contributed by atoms with Crippen LogP contribution in [0.2, 0.25) is 0 Å². The summed E-state index contributed by atoms with van der Waals surface area (Å²) < 4.78 is 2.14. The molecule has 0 aliphatic rings. The van der Waals surface area contributed by atoms with Gasteiger partial charge in [-0.05, 0) is 30.7 Å². The lowest BCUT2D eigenvalue weighted by Crippen LogP contribution is -1.97. The summed E-state index contributed by atoms with van der Waals surface area (Å²) in [7, 11) is 0. The summed E-state index contributed by atoms with van der Waals surface area (Å²) in [5.74, 6) is 0.833. The number of benzene rings is 1. The van der Waals surface area contributed by atoms with Crippen molar-refractivity contribution in [2.75, 3.05) is 6.26 Å². The minimum absolute atomic E-state index is 0.833. The summed E-state index contributed by atoms with van der Waals surface area (Å²) in [4.78, 5) is 8.40. The van der Waals surface area contributed by atoms with E-state index in [9.17, 15) is 0 Å². The number of pyridine rings is 1. The van der Waals surface area contributed by atoms with Gasteiger partial charge in [0.25, 0.3) is 0 Å². The molecule has 130 valence electrons. The first kappa shape index (κ1) is 20.2. The molecule has 3 aromatic rings. The molecular weight excluding hydrogens is 316 g/mol. The highest BCUT2D eigenvalue weighted by Gasteiger charge is 2.02. The van der Waals surface area contributed by atoms with E-state index in [4.69, 9.17) is 5.14 Å². The molecule has 24 heavy (non-hydrogen) atoms. The zero-order chi connectivity index (χ0) is 17.9. The summed E-state index contributed by atoms with van der Waals surface area (Å²) in [5, 5.41) is 4.76. The fourth-order valence-electron chi connectivity index (χ4n) is 1.93. The standard InChI is InChI=1S/C14H13N3.C4H10.CH5NS/c1-11-2-4-12(5-3-11)9-17-10-16-13-8-15-7-6-14(13)17;1-4(2)3;1-3-2/h2-8,10H,9H2,1H3;4H,1-3H3;2H2,1H3. The molecule has 0 atom stereocenters. The number of aryl methyl sites for hydroxylation is 1. The molecule has 3 rings (SSSR count). The maximum absolute atomic E-state index is 4.76. The molecule has 0 spiro atoms. The fraction of sp³-hybridized carbons (Fsp3) is 0.368. The molecule has 0 aliphatic carbocycles. The van der Waals surface area contributed by atoms with Crippen LogP contribution in [0, 0.1) is 12.8 Å². The summed E-state index contributed by atoms with van der Waals surface area (Å²) in [6, 6.07) is 10.6. The summed E-state index contributed by atoms with van der Waals surface area (Å²) >= 11 is 1.25. The van der Waals surface area contributed by atoms with Gasteiger partial charge >= 0.3 is 0 Å². The van der Waals surface area contributed by atoms with Crippen molar-refractivity contribution in [1.82, 2.24) is 14.5 Å². The minimum atomic E-state index is 0.833. The molecule has 0 amide bonds. The molecule has 0 saturated heterocycles. The molecule has 4 nitrogen and oxygen atoms in total. The van der Waals surface area contributed by atoms with E-state index in [1.165, 1.54) is 23.1 Å². The smallest absolute Gasteiger partial charge is 0.107 e. The molecule has 2 N–H and O–H groups in total. The Morgan fingerprint density at radius 2 is 1.71 bits per heavy atom. The Balaban J connectivity index is 0.000000355. The Bertz CT molecular complexity index is 702. The van der Waals surface area contributed by atoms with Crippen molar-refractivity contribution in [2.45, 2.75) is 34.2 Å². The first-order chi connectivity index (χ1) is 11.5. The van der Waals surface area contributed by atoms with Crippen LogP contribution in [-0.2, 0) is 6.54 Å². The van der Waals surface area contributed by atoms with E-state index in [1.54, 1.807) is 12.4 Å². The average molecular weight is 345 g/mol. The summed E-state index contributed by atoms with van der Waals surface area (Å²) in [6.45, 7) is 9.45. The molecule has 5 heteroatoms. The molecule has 2 heterocycles. The minimum Gasteiger partial charge on any atom is -0.326 e. The maximum Gasteiger partial charge on any atom is 0.107 e. The molecular formula is C19H28N4S. The van der Waals surface area contributed by atoms with Gasteiger partial charge in [-0.15, -0.1) is 0 Å². The van der Waals surface area contributed by atoms with Crippen LogP contribution in [0.4, 0.5) is 0 Å². The van der Waals surface area contributed by atoms with Crippen LogP contribution in [0.25, 0.3) is 11.0 Å². The van der Waals surface area contributed by atoms with Crippen LogP contribution >= 0.6 is 11.9 Å². The quantitative estimate of drug-likeness (QED) is 0.686. The van der Waals surface area contributed by atoms with Crippen molar-refractivity contribution >= 4 is 23.0 Å². The SMILES string of the molecule is CC(C)C.CSN.Cc1ccc(Cn2cnc3cnccc32)cc1. The Kier molecular flexibility index (Phi) is 9.12. The van der Waals surface area contributed by atoms with Gasteiger partial charge in [0.2, 0.25) is 0 Å². The van der Waals surface area contributed by atoms with E-state index >= 15 is 0 Å². The number of rotatable bonds is 2. The van der Waals surface area contributed by atoms with Gasteiger partial charge in [0.1, 0.15) is 5.52 Å². The van der Waals surface area contributed by atoms with Gasteiger partial charge in [0.15, 0.2) is 0 Å². The van der Waals surface area contributed by atoms with Crippen LogP contribution in [-0.4, -0.2) is 20.8 Å². The molecule has 0 aliphatic heterocycles. The van der Waals surface area contributed by atoms with E-state index in [0.29, 0.717) is 0 Å². The molecule has 0 bridgehead atoms. The maximum atomic E-state index is 4.76. The van der Waals surface area contributed by atoms with Gasteiger partial charge in [-0.2, -0.15) is 0 Å². The van der Waals surface area contributed by atoms with Gasteiger partial charge in [-0.25, -0.2) is 4.98 Å². The van der Waals surface area contributed by atoms with E-state index < -0.39 is 0 Å². The van der Waals surface area contributed by atoms with Crippen molar-refractivity contribution in [3.63, 3.8) is 0 Å². The zero-order valence-electron chi connectivity index (χ0n) is 15.2. The van der Waals surface area contributed by atoms with Crippen molar-refractivity contribution < 1.29 is 0 Å². The third kappa shape index (κ3) is 7.15. The molecule has 0 radical (unpaired) electrons. The van der Waals surface area contributed by atoms with Gasteiger partial charge in [0.05, 0.1) is 18.0 Å². The highest BCUT2D eigenvalue weighted by Crippen LogP contribution is 2.13. The lowest BCUT2D eigenvalue weighted by Gasteiger charge is -2.04. The fourth-order valence-corrected chi connectivity index (χ4v) is 1.93.